The number of aromatic nitrogens is 1. The summed E-state index contributed by atoms with van der Waals surface area (Å²) in [5.74, 6) is -0.952. The molecule has 0 saturated heterocycles. The van der Waals surface area contributed by atoms with Gasteiger partial charge < -0.3 is 8.60 Å². The zero-order valence-electron chi connectivity index (χ0n) is 12.5. The van der Waals surface area contributed by atoms with Crippen LogP contribution in [0.2, 0.25) is 0 Å². The van der Waals surface area contributed by atoms with Gasteiger partial charge in [-0.1, -0.05) is 6.07 Å². The van der Waals surface area contributed by atoms with Gasteiger partial charge in [-0.15, -0.1) is 11.3 Å². The molecule has 3 aromatic heterocycles. The Kier molecular flexibility index (Phi) is 4.47. The van der Waals surface area contributed by atoms with Crippen LogP contribution >= 0.6 is 11.3 Å². The lowest BCUT2D eigenvalue weighted by Crippen LogP contribution is -2.28. The van der Waals surface area contributed by atoms with Crippen LogP contribution in [-0.2, 0) is 10.1 Å². The van der Waals surface area contributed by atoms with Crippen molar-refractivity contribution in [2.75, 3.05) is 0 Å². The van der Waals surface area contributed by atoms with Gasteiger partial charge in [0.2, 0.25) is 0 Å². The van der Waals surface area contributed by atoms with E-state index in [2.05, 4.69) is 9.17 Å². The highest BCUT2D eigenvalue weighted by atomic mass is 32.2. The number of furan rings is 1. The van der Waals surface area contributed by atoms with E-state index < -0.39 is 27.1 Å². The molecule has 0 atom stereocenters. The van der Waals surface area contributed by atoms with Crippen molar-refractivity contribution < 1.29 is 30.2 Å². The predicted molar refractivity (Wildman–Crippen MR) is 85.6 cm³/mol. The second-order valence-electron chi connectivity index (χ2n) is 4.82. The number of halogens is 3. The maximum atomic E-state index is 12.7. The molecule has 0 N–H and O–H groups in total. The summed E-state index contributed by atoms with van der Waals surface area (Å²) in [5.41, 5.74) is -5.47. The average Bonchev–Trinajstić information content (AvgIpc) is 3.26. The molecule has 11 heteroatoms. The Morgan fingerprint density at radius 2 is 2.08 bits per heavy atom. The lowest BCUT2D eigenvalue weighted by molar-refractivity contribution is -0.0501. The van der Waals surface area contributed by atoms with Crippen LogP contribution in [-0.4, -0.2) is 18.9 Å². The molecule has 134 valence electrons. The van der Waals surface area contributed by atoms with E-state index >= 15 is 0 Å². The van der Waals surface area contributed by atoms with Gasteiger partial charge in [-0.2, -0.15) is 26.9 Å². The van der Waals surface area contributed by atoms with Gasteiger partial charge in [-0.25, -0.2) is 4.98 Å². The Labute approximate surface area is 149 Å². The van der Waals surface area contributed by atoms with E-state index in [1.54, 1.807) is 23.6 Å². The largest absolute Gasteiger partial charge is 0.534 e. The second kappa shape index (κ2) is 6.47. The lowest BCUT2D eigenvalue weighted by Gasteiger charge is -2.13. The molecule has 3 aromatic rings. The van der Waals surface area contributed by atoms with Crippen molar-refractivity contribution in [2.24, 2.45) is 0 Å². The molecule has 0 aliphatic rings. The minimum atomic E-state index is -5.99. The van der Waals surface area contributed by atoms with Crippen LogP contribution in [0.15, 0.2) is 46.6 Å². The first-order valence-corrected chi connectivity index (χ1v) is 9.04. The number of nitriles is 1. The Bertz CT molecular complexity index is 1070. The number of nitrogens with zero attached hydrogens (tertiary/aromatic N) is 2. The summed E-state index contributed by atoms with van der Waals surface area (Å²) in [4.78, 5) is 4.36. The highest BCUT2D eigenvalue weighted by Crippen LogP contribution is 2.37. The van der Waals surface area contributed by atoms with Gasteiger partial charge in [-0.05, 0) is 23.6 Å². The van der Waals surface area contributed by atoms with Crippen LogP contribution in [0.5, 0.6) is 5.88 Å². The third-order valence-electron chi connectivity index (χ3n) is 3.18. The molecule has 0 bridgehead atoms. The average molecular weight is 400 g/mol. The third kappa shape index (κ3) is 3.29. The molecule has 0 saturated carbocycles. The number of pyridine rings is 1. The molecule has 0 unspecified atom stereocenters. The van der Waals surface area contributed by atoms with Crippen LogP contribution in [0.1, 0.15) is 5.56 Å². The topological polar surface area (TPSA) is 93.2 Å². The molecule has 0 spiro atoms. The van der Waals surface area contributed by atoms with Gasteiger partial charge in [0.15, 0.2) is 0 Å². The number of rotatable bonds is 4. The number of hydrogen-bond acceptors (Lipinski definition) is 7. The predicted octanol–water partition coefficient (Wildman–Crippen LogP) is 4.17. The summed E-state index contributed by atoms with van der Waals surface area (Å²) >= 11 is 1.23. The molecule has 0 amide bonds. The normalized spacial score (nSPS) is 11.9. The first kappa shape index (κ1) is 18.0. The fourth-order valence-corrected chi connectivity index (χ4v) is 3.15. The van der Waals surface area contributed by atoms with E-state index in [0.717, 1.165) is 0 Å². The van der Waals surface area contributed by atoms with Crippen LogP contribution in [0.25, 0.3) is 21.7 Å². The third-order valence-corrected chi connectivity index (χ3v) is 5.01. The first-order chi connectivity index (χ1) is 12.2. The second-order valence-corrected chi connectivity index (χ2v) is 7.31. The van der Waals surface area contributed by atoms with Gasteiger partial charge in [0.1, 0.15) is 11.6 Å². The maximum absolute atomic E-state index is 12.7. The Morgan fingerprint density at radius 3 is 2.62 bits per heavy atom. The van der Waals surface area contributed by atoms with Gasteiger partial charge in [-0.3, -0.25) is 0 Å². The molecule has 0 aromatic carbocycles. The van der Waals surface area contributed by atoms with Crippen molar-refractivity contribution in [3.05, 3.63) is 47.7 Å². The highest BCUT2D eigenvalue weighted by Gasteiger charge is 2.49. The molecule has 3 heterocycles. The SMILES string of the molecule is N#Cc1c(-c2ccoc2)cc(-c2cccs2)nc1OS(=O)(=O)C(F)(F)F. The van der Waals surface area contributed by atoms with Gasteiger partial charge in [0, 0.05) is 11.1 Å². The Hall–Kier alpha value is -2.84. The summed E-state index contributed by atoms with van der Waals surface area (Å²) in [6, 6.07) is 7.88. The molecule has 26 heavy (non-hydrogen) atoms. The van der Waals surface area contributed by atoms with Crippen molar-refractivity contribution in [2.45, 2.75) is 5.51 Å². The first-order valence-electron chi connectivity index (χ1n) is 6.75. The maximum Gasteiger partial charge on any atom is 0.534 e. The van der Waals surface area contributed by atoms with E-state index in [0.29, 0.717) is 10.4 Å². The standard InChI is InChI=1S/C15H7F3N2O4S2/c16-15(17,18)26(21,22)24-14-11(7-19)10(9-3-4-23-8-9)6-12(20-14)13-2-1-5-25-13/h1-6,8H. The fraction of sp³-hybridized carbons (Fsp3) is 0.0667. The van der Waals surface area contributed by atoms with Crippen LogP contribution in [0.3, 0.4) is 0 Å². The van der Waals surface area contributed by atoms with Crippen LogP contribution in [0, 0.1) is 11.3 Å². The van der Waals surface area contributed by atoms with Crippen molar-refractivity contribution in [3.63, 3.8) is 0 Å². The van der Waals surface area contributed by atoms with Crippen LogP contribution in [0.4, 0.5) is 13.2 Å². The minimum absolute atomic E-state index is 0.132. The lowest BCUT2D eigenvalue weighted by atomic mass is 10.0. The monoisotopic (exact) mass is 400 g/mol. The molecule has 0 aliphatic carbocycles. The summed E-state index contributed by atoms with van der Waals surface area (Å²) in [6.07, 6.45) is 2.56. The molecule has 0 fully saturated rings. The van der Waals surface area contributed by atoms with E-state index in [1.165, 1.54) is 36.0 Å². The highest BCUT2D eigenvalue weighted by molar-refractivity contribution is 7.88. The molecule has 0 radical (unpaired) electrons. The summed E-state index contributed by atoms with van der Waals surface area (Å²) in [6.45, 7) is 0. The quantitative estimate of drug-likeness (QED) is 0.482. The Balaban J connectivity index is 2.24. The van der Waals surface area contributed by atoms with Crippen LogP contribution < -0.4 is 4.18 Å². The van der Waals surface area contributed by atoms with Crippen molar-refractivity contribution in [1.29, 1.82) is 5.26 Å². The molecule has 0 aliphatic heterocycles. The molecule has 6 nitrogen and oxygen atoms in total. The van der Waals surface area contributed by atoms with Crippen molar-refractivity contribution in [1.82, 2.24) is 4.98 Å². The summed E-state index contributed by atoms with van der Waals surface area (Å²) in [5, 5.41) is 11.1. The van der Waals surface area contributed by atoms with Gasteiger partial charge in [0.05, 0.1) is 23.1 Å². The zero-order chi connectivity index (χ0) is 18.9. The van der Waals surface area contributed by atoms with Crippen molar-refractivity contribution in [3.8, 4) is 33.6 Å². The minimum Gasteiger partial charge on any atom is -0.472 e. The number of thiophene rings is 1. The molecular formula is C15H7F3N2O4S2. The van der Waals surface area contributed by atoms with E-state index in [1.807, 2.05) is 0 Å². The smallest absolute Gasteiger partial charge is 0.472 e. The van der Waals surface area contributed by atoms with Crippen molar-refractivity contribution >= 4 is 21.5 Å². The fourth-order valence-electron chi connectivity index (χ4n) is 2.04. The van der Waals surface area contributed by atoms with E-state index in [9.17, 15) is 26.9 Å². The summed E-state index contributed by atoms with van der Waals surface area (Å²) < 4.78 is 69.8. The van der Waals surface area contributed by atoms with E-state index in [-0.39, 0.29) is 11.3 Å². The molecular weight excluding hydrogens is 393 g/mol. The number of hydrogen-bond donors (Lipinski definition) is 0. The zero-order valence-corrected chi connectivity index (χ0v) is 14.2. The number of alkyl halides is 3. The van der Waals surface area contributed by atoms with Gasteiger partial charge in [0.25, 0.3) is 5.88 Å². The van der Waals surface area contributed by atoms with Gasteiger partial charge >= 0.3 is 15.6 Å². The van der Waals surface area contributed by atoms with E-state index in [4.69, 9.17) is 4.42 Å². The molecule has 3 rings (SSSR count). The summed E-state index contributed by atoms with van der Waals surface area (Å²) in [7, 11) is -5.99. The Morgan fingerprint density at radius 1 is 1.31 bits per heavy atom.